The average molecular weight is 342 g/mol. The Bertz CT molecular complexity index is 782. The van der Waals surface area contributed by atoms with Crippen molar-refractivity contribution in [1.29, 1.82) is 0 Å². The smallest absolute Gasteiger partial charge is 0.322 e. The van der Waals surface area contributed by atoms with Crippen molar-refractivity contribution in [2.45, 2.75) is 20.8 Å². The van der Waals surface area contributed by atoms with E-state index in [1.54, 1.807) is 19.1 Å². The summed E-state index contributed by atoms with van der Waals surface area (Å²) in [5.41, 5.74) is 2.77. The molecule has 0 bridgehead atoms. The summed E-state index contributed by atoms with van der Waals surface area (Å²) in [6.45, 7) is 9.37. The molecule has 0 radical (unpaired) electrons. The van der Waals surface area contributed by atoms with Gasteiger partial charge < -0.3 is 20.1 Å². The topological polar surface area (TPSA) is 87.5 Å². The molecule has 0 fully saturated rings. The molecule has 0 atom stereocenters. The number of nitrogens with zero attached hydrogens (tertiary/aromatic N) is 2. The van der Waals surface area contributed by atoms with E-state index in [9.17, 15) is 9.59 Å². The van der Waals surface area contributed by atoms with Gasteiger partial charge in [-0.2, -0.15) is 0 Å². The van der Waals surface area contributed by atoms with Gasteiger partial charge in [0.15, 0.2) is 5.82 Å². The standard InChI is InChI=1S/C18H22N4O3/c1-5-8-22(11-17(23)20-16-10-14(4)25-21-16)18(24)19-15-7-6-12(2)9-13(15)3/h5-7,9-10H,1,8,11H2,2-4H3,(H,19,24)(H,20,21,23). The number of hydrogen-bond acceptors (Lipinski definition) is 4. The van der Waals surface area contributed by atoms with Crippen molar-refractivity contribution in [3.8, 4) is 0 Å². The van der Waals surface area contributed by atoms with E-state index in [0.717, 1.165) is 11.1 Å². The Morgan fingerprint density at radius 2 is 2.00 bits per heavy atom. The van der Waals surface area contributed by atoms with Gasteiger partial charge in [0.2, 0.25) is 5.91 Å². The third-order valence-electron chi connectivity index (χ3n) is 3.49. The van der Waals surface area contributed by atoms with Crippen LogP contribution < -0.4 is 10.6 Å². The van der Waals surface area contributed by atoms with Crippen molar-refractivity contribution in [2.75, 3.05) is 23.7 Å². The number of aromatic nitrogens is 1. The second kappa shape index (κ2) is 8.14. The number of hydrogen-bond donors (Lipinski definition) is 2. The molecule has 2 aromatic rings. The van der Waals surface area contributed by atoms with Crippen LogP contribution in [0.2, 0.25) is 0 Å². The zero-order chi connectivity index (χ0) is 18.4. The van der Waals surface area contributed by atoms with Crippen LogP contribution in [-0.2, 0) is 4.79 Å². The lowest BCUT2D eigenvalue weighted by atomic mass is 10.1. The number of aryl methyl sites for hydroxylation is 3. The Hall–Kier alpha value is -3.09. The van der Waals surface area contributed by atoms with E-state index in [0.29, 0.717) is 17.3 Å². The first-order valence-corrected chi connectivity index (χ1v) is 7.86. The van der Waals surface area contributed by atoms with Crippen LogP contribution in [0.4, 0.5) is 16.3 Å². The lowest BCUT2D eigenvalue weighted by Crippen LogP contribution is -2.40. The molecule has 1 heterocycles. The quantitative estimate of drug-likeness (QED) is 0.789. The number of amides is 3. The van der Waals surface area contributed by atoms with Gasteiger partial charge in [-0.05, 0) is 32.4 Å². The van der Waals surface area contributed by atoms with E-state index in [4.69, 9.17) is 4.52 Å². The van der Waals surface area contributed by atoms with Gasteiger partial charge in [0, 0.05) is 18.3 Å². The van der Waals surface area contributed by atoms with Crippen LogP contribution in [0.15, 0.2) is 41.4 Å². The molecule has 1 aromatic carbocycles. The van der Waals surface area contributed by atoms with Gasteiger partial charge in [0.25, 0.3) is 0 Å². The zero-order valence-electron chi connectivity index (χ0n) is 14.6. The molecule has 0 saturated carbocycles. The third kappa shape index (κ3) is 5.20. The Morgan fingerprint density at radius 3 is 2.60 bits per heavy atom. The summed E-state index contributed by atoms with van der Waals surface area (Å²) in [6.07, 6.45) is 1.56. The number of carbonyl (C=O) groups excluding carboxylic acids is 2. The second-order valence-electron chi connectivity index (χ2n) is 5.79. The van der Waals surface area contributed by atoms with Crippen molar-refractivity contribution in [3.05, 3.63) is 53.8 Å². The first-order valence-electron chi connectivity index (χ1n) is 7.86. The maximum atomic E-state index is 12.5. The van der Waals surface area contributed by atoms with Crippen molar-refractivity contribution in [1.82, 2.24) is 10.1 Å². The van der Waals surface area contributed by atoms with Crippen molar-refractivity contribution >= 4 is 23.4 Å². The highest BCUT2D eigenvalue weighted by molar-refractivity contribution is 5.96. The highest BCUT2D eigenvalue weighted by atomic mass is 16.5. The first kappa shape index (κ1) is 18.3. The summed E-state index contributed by atoms with van der Waals surface area (Å²) in [4.78, 5) is 26.0. The Balaban J connectivity index is 2.01. The molecule has 1 aromatic heterocycles. The summed E-state index contributed by atoms with van der Waals surface area (Å²) in [5, 5.41) is 9.11. The normalized spacial score (nSPS) is 10.2. The number of rotatable bonds is 6. The molecule has 25 heavy (non-hydrogen) atoms. The highest BCUT2D eigenvalue weighted by Gasteiger charge is 2.17. The van der Waals surface area contributed by atoms with E-state index in [-0.39, 0.29) is 25.0 Å². The minimum atomic E-state index is -0.377. The van der Waals surface area contributed by atoms with E-state index in [1.165, 1.54) is 4.90 Å². The van der Waals surface area contributed by atoms with Crippen LogP contribution in [0.5, 0.6) is 0 Å². The van der Waals surface area contributed by atoms with Crippen molar-refractivity contribution in [3.63, 3.8) is 0 Å². The monoisotopic (exact) mass is 342 g/mol. The molecule has 7 nitrogen and oxygen atoms in total. The van der Waals surface area contributed by atoms with Gasteiger partial charge in [0.1, 0.15) is 12.3 Å². The SMILES string of the molecule is C=CCN(CC(=O)Nc1cc(C)on1)C(=O)Nc1ccc(C)cc1C. The Morgan fingerprint density at radius 1 is 1.24 bits per heavy atom. The summed E-state index contributed by atoms with van der Waals surface area (Å²) >= 11 is 0. The predicted molar refractivity (Wildman–Crippen MR) is 96.6 cm³/mol. The highest BCUT2D eigenvalue weighted by Crippen LogP contribution is 2.16. The van der Waals surface area contributed by atoms with E-state index >= 15 is 0 Å². The molecular formula is C18H22N4O3. The Kier molecular flexibility index (Phi) is 5.94. The fraction of sp³-hybridized carbons (Fsp3) is 0.278. The summed E-state index contributed by atoms with van der Waals surface area (Å²) < 4.78 is 4.89. The van der Waals surface area contributed by atoms with Gasteiger partial charge in [-0.25, -0.2) is 4.79 Å². The first-order chi connectivity index (χ1) is 11.9. The molecule has 0 unspecified atom stereocenters. The molecule has 0 aliphatic rings. The van der Waals surface area contributed by atoms with Crippen LogP contribution in [-0.4, -0.2) is 35.1 Å². The predicted octanol–water partition coefficient (Wildman–Crippen LogP) is 3.26. The minimum absolute atomic E-state index is 0.130. The van der Waals surface area contributed by atoms with E-state index < -0.39 is 0 Å². The molecule has 0 spiro atoms. The molecular weight excluding hydrogens is 320 g/mol. The molecule has 132 valence electrons. The summed E-state index contributed by atoms with van der Waals surface area (Å²) in [6, 6.07) is 6.96. The lowest BCUT2D eigenvalue weighted by molar-refractivity contribution is -0.116. The molecule has 3 amide bonds. The van der Waals surface area contributed by atoms with Gasteiger partial charge in [-0.1, -0.05) is 28.9 Å². The number of urea groups is 1. The summed E-state index contributed by atoms with van der Waals surface area (Å²) in [7, 11) is 0. The molecule has 7 heteroatoms. The van der Waals surface area contributed by atoms with Gasteiger partial charge in [0.05, 0.1) is 0 Å². The number of anilines is 2. The largest absolute Gasteiger partial charge is 0.360 e. The average Bonchev–Trinajstić information content (AvgIpc) is 2.94. The van der Waals surface area contributed by atoms with Crippen LogP contribution >= 0.6 is 0 Å². The van der Waals surface area contributed by atoms with E-state index in [1.807, 2.05) is 32.0 Å². The van der Waals surface area contributed by atoms with Gasteiger partial charge in [-0.15, -0.1) is 6.58 Å². The number of nitrogens with one attached hydrogen (secondary N) is 2. The van der Waals surface area contributed by atoms with Crippen molar-refractivity contribution < 1.29 is 14.1 Å². The molecule has 0 saturated heterocycles. The lowest BCUT2D eigenvalue weighted by Gasteiger charge is -2.21. The van der Waals surface area contributed by atoms with Crippen LogP contribution in [0.25, 0.3) is 0 Å². The number of benzene rings is 1. The summed E-state index contributed by atoms with van der Waals surface area (Å²) in [5.74, 6) is 0.535. The van der Waals surface area contributed by atoms with Gasteiger partial charge >= 0.3 is 6.03 Å². The Labute approximate surface area is 146 Å². The fourth-order valence-electron chi connectivity index (χ4n) is 2.30. The molecule has 0 aliphatic heterocycles. The van der Waals surface area contributed by atoms with Crippen LogP contribution in [0.3, 0.4) is 0 Å². The minimum Gasteiger partial charge on any atom is -0.360 e. The molecule has 0 aliphatic carbocycles. The second-order valence-corrected chi connectivity index (χ2v) is 5.79. The van der Waals surface area contributed by atoms with Crippen LogP contribution in [0, 0.1) is 20.8 Å². The van der Waals surface area contributed by atoms with Gasteiger partial charge in [-0.3, -0.25) is 4.79 Å². The third-order valence-corrected chi connectivity index (χ3v) is 3.49. The maximum absolute atomic E-state index is 12.5. The molecule has 2 N–H and O–H groups in total. The van der Waals surface area contributed by atoms with Crippen molar-refractivity contribution in [2.24, 2.45) is 0 Å². The van der Waals surface area contributed by atoms with Crippen LogP contribution in [0.1, 0.15) is 16.9 Å². The fourth-order valence-corrected chi connectivity index (χ4v) is 2.30. The maximum Gasteiger partial charge on any atom is 0.322 e. The molecule has 2 rings (SSSR count). The van der Waals surface area contributed by atoms with E-state index in [2.05, 4.69) is 22.4 Å². The number of carbonyl (C=O) groups is 2. The zero-order valence-corrected chi connectivity index (χ0v) is 14.6.